The van der Waals surface area contributed by atoms with Gasteiger partial charge in [0.25, 0.3) is 0 Å². The Balaban J connectivity index is 2.08. The molecule has 0 bridgehead atoms. The zero-order valence-electron chi connectivity index (χ0n) is 12.7. The Bertz CT molecular complexity index is 775. The van der Waals surface area contributed by atoms with Crippen LogP contribution in [0, 0.1) is 0 Å². The van der Waals surface area contributed by atoms with Crippen LogP contribution in [0.4, 0.5) is 5.95 Å². The van der Waals surface area contributed by atoms with Crippen molar-refractivity contribution in [3.63, 3.8) is 0 Å². The van der Waals surface area contributed by atoms with E-state index in [1.807, 2.05) is 18.2 Å². The molecule has 0 saturated carbocycles. The number of aromatic nitrogens is 3. The fourth-order valence-electron chi connectivity index (χ4n) is 2.52. The number of nitrogens with two attached hydrogens (primary N) is 1. The fourth-order valence-corrected chi connectivity index (χ4v) is 2.52. The lowest BCUT2D eigenvalue weighted by molar-refractivity contribution is 0.264. The fraction of sp³-hybridized carbons (Fsp3) is 0.375. The molecule has 2 N–H and O–H groups in total. The number of pyridine rings is 1. The van der Waals surface area contributed by atoms with Crippen molar-refractivity contribution in [2.75, 3.05) is 19.3 Å². The number of imidazole rings is 1. The van der Waals surface area contributed by atoms with Crippen molar-refractivity contribution >= 4 is 27.9 Å². The van der Waals surface area contributed by atoms with Gasteiger partial charge >= 0.3 is 0 Å². The van der Waals surface area contributed by atoms with Crippen LogP contribution in [-0.4, -0.2) is 39.1 Å². The van der Waals surface area contributed by atoms with Crippen LogP contribution in [0.25, 0.3) is 21.9 Å². The van der Waals surface area contributed by atoms with Crippen LogP contribution in [0.2, 0.25) is 0 Å². The molecule has 0 atom stereocenters. The lowest BCUT2D eigenvalue weighted by Gasteiger charge is -2.21. The second kappa shape index (κ2) is 5.33. The molecule has 0 radical (unpaired) electrons. The summed E-state index contributed by atoms with van der Waals surface area (Å²) in [5.74, 6) is 0.556. The topological polar surface area (TPSA) is 60.0 Å². The quantitative estimate of drug-likeness (QED) is 0.799. The number of fused-ring (bicyclic) bond motifs is 3. The molecule has 0 spiro atoms. The minimum Gasteiger partial charge on any atom is -0.369 e. The molecule has 0 aliphatic rings. The molecule has 5 nitrogen and oxygen atoms in total. The highest BCUT2D eigenvalue weighted by Crippen LogP contribution is 2.25. The van der Waals surface area contributed by atoms with Crippen LogP contribution < -0.4 is 5.73 Å². The summed E-state index contributed by atoms with van der Waals surface area (Å²) in [5.41, 5.74) is 9.03. The van der Waals surface area contributed by atoms with Crippen LogP contribution in [0.5, 0.6) is 0 Å². The number of nitrogens with zero attached hydrogens (tertiary/aromatic N) is 4. The smallest absolute Gasteiger partial charge is 0.201 e. The molecule has 0 saturated heterocycles. The van der Waals surface area contributed by atoms with Gasteiger partial charge in [-0.25, -0.2) is 4.98 Å². The Hall–Kier alpha value is -2.14. The maximum absolute atomic E-state index is 6.11. The molecule has 0 fully saturated rings. The average molecular weight is 283 g/mol. The predicted molar refractivity (Wildman–Crippen MR) is 87.2 cm³/mol. The standard InChI is InChI=1S/C16H21N5/c1-11(2)20(3)8-9-21-15-12-6-4-5-7-13(12)18-10-14(15)19-16(21)17/h4-7,10-11H,8-9H2,1-3H3,(H2,17,19). The SMILES string of the molecule is CC(C)N(C)CCn1c(N)nc2cnc3ccccc3c21. The third-order valence-corrected chi connectivity index (χ3v) is 4.07. The number of nitrogen functional groups attached to an aromatic ring is 1. The molecule has 110 valence electrons. The van der Waals surface area contributed by atoms with Gasteiger partial charge in [-0.3, -0.25) is 4.98 Å². The number of para-hydroxylation sites is 1. The number of anilines is 1. The van der Waals surface area contributed by atoms with Crippen LogP contribution in [0.3, 0.4) is 0 Å². The lowest BCUT2D eigenvalue weighted by Crippen LogP contribution is -2.30. The van der Waals surface area contributed by atoms with Crippen molar-refractivity contribution in [2.45, 2.75) is 26.4 Å². The van der Waals surface area contributed by atoms with Crippen molar-refractivity contribution in [2.24, 2.45) is 0 Å². The third-order valence-electron chi connectivity index (χ3n) is 4.07. The van der Waals surface area contributed by atoms with E-state index >= 15 is 0 Å². The summed E-state index contributed by atoms with van der Waals surface area (Å²) < 4.78 is 2.10. The van der Waals surface area contributed by atoms with E-state index in [4.69, 9.17) is 5.73 Å². The summed E-state index contributed by atoms with van der Waals surface area (Å²) in [7, 11) is 2.12. The summed E-state index contributed by atoms with van der Waals surface area (Å²) in [6.07, 6.45) is 1.80. The summed E-state index contributed by atoms with van der Waals surface area (Å²) in [4.78, 5) is 11.2. The molecular formula is C16H21N5. The van der Waals surface area contributed by atoms with Gasteiger partial charge in [-0.2, -0.15) is 0 Å². The Morgan fingerprint density at radius 2 is 2.00 bits per heavy atom. The molecule has 3 aromatic rings. The molecule has 0 aliphatic carbocycles. The molecule has 1 aromatic carbocycles. The first kappa shape index (κ1) is 13.8. The van der Waals surface area contributed by atoms with Gasteiger partial charge < -0.3 is 15.2 Å². The first-order valence-electron chi connectivity index (χ1n) is 7.27. The van der Waals surface area contributed by atoms with E-state index in [-0.39, 0.29) is 0 Å². The van der Waals surface area contributed by atoms with Crippen LogP contribution in [0.1, 0.15) is 13.8 Å². The molecule has 21 heavy (non-hydrogen) atoms. The molecule has 3 rings (SSSR count). The van der Waals surface area contributed by atoms with Gasteiger partial charge in [0.05, 0.1) is 17.2 Å². The minimum absolute atomic E-state index is 0.513. The molecule has 0 amide bonds. The van der Waals surface area contributed by atoms with E-state index in [0.717, 1.165) is 35.0 Å². The minimum atomic E-state index is 0.513. The highest BCUT2D eigenvalue weighted by Gasteiger charge is 2.13. The average Bonchev–Trinajstić information content (AvgIpc) is 2.80. The van der Waals surface area contributed by atoms with E-state index in [1.165, 1.54) is 0 Å². The van der Waals surface area contributed by atoms with E-state index in [2.05, 4.69) is 46.4 Å². The summed E-state index contributed by atoms with van der Waals surface area (Å²) in [5, 5.41) is 1.10. The van der Waals surface area contributed by atoms with Crippen molar-refractivity contribution in [3.8, 4) is 0 Å². The number of rotatable bonds is 4. The second-order valence-electron chi connectivity index (χ2n) is 5.71. The van der Waals surface area contributed by atoms with E-state index in [9.17, 15) is 0 Å². The lowest BCUT2D eigenvalue weighted by atomic mass is 10.2. The summed E-state index contributed by atoms with van der Waals surface area (Å²) in [6.45, 7) is 6.14. The largest absolute Gasteiger partial charge is 0.369 e. The first-order chi connectivity index (χ1) is 10.1. The van der Waals surface area contributed by atoms with Crippen molar-refractivity contribution in [1.29, 1.82) is 0 Å². The van der Waals surface area contributed by atoms with E-state index < -0.39 is 0 Å². The molecule has 5 heteroatoms. The number of hydrogen-bond donors (Lipinski definition) is 1. The molecule has 0 aliphatic heterocycles. The van der Waals surface area contributed by atoms with Gasteiger partial charge in [-0.1, -0.05) is 18.2 Å². The van der Waals surface area contributed by atoms with E-state index in [1.54, 1.807) is 6.20 Å². The van der Waals surface area contributed by atoms with Crippen molar-refractivity contribution in [3.05, 3.63) is 30.5 Å². The Kier molecular flexibility index (Phi) is 3.51. The van der Waals surface area contributed by atoms with E-state index in [0.29, 0.717) is 12.0 Å². The van der Waals surface area contributed by atoms with Crippen molar-refractivity contribution in [1.82, 2.24) is 19.4 Å². The molecular weight excluding hydrogens is 262 g/mol. The molecule has 2 aromatic heterocycles. The van der Waals surface area contributed by atoms with Crippen molar-refractivity contribution < 1.29 is 0 Å². The Morgan fingerprint density at radius 1 is 1.24 bits per heavy atom. The Labute approximate surface area is 124 Å². The summed E-state index contributed by atoms with van der Waals surface area (Å²) >= 11 is 0. The monoisotopic (exact) mass is 283 g/mol. The normalized spacial score (nSPS) is 12.0. The first-order valence-corrected chi connectivity index (χ1v) is 7.27. The second-order valence-corrected chi connectivity index (χ2v) is 5.71. The Morgan fingerprint density at radius 3 is 2.76 bits per heavy atom. The van der Waals surface area contributed by atoms with Gasteiger partial charge in [-0.15, -0.1) is 0 Å². The van der Waals surface area contributed by atoms with Gasteiger partial charge in [0.15, 0.2) is 0 Å². The highest BCUT2D eigenvalue weighted by molar-refractivity contribution is 6.02. The number of benzene rings is 1. The van der Waals surface area contributed by atoms with Gasteiger partial charge in [0.2, 0.25) is 5.95 Å². The predicted octanol–water partition coefficient (Wildman–Crippen LogP) is 2.51. The van der Waals surface area contributed by atoms with Gasteiger partial charge in [0, 0.05) is 24.5 Å². The summed E-state index contributed by atoms with van der Waals surface area (Å²) in [6, 6.07) is 8.63. The van der Waals surface area contributed by atoms with Gasteiger partial charge in [-0.05, 0) is 27.0 Å². The highest BCUT2D eigenvalue weighted by atomic mass is 15.2. The van der Waals surface area contributed by atoms with Crippen LogP contribution in [-0.2, 0) is 6.54 Å². The third kappa shape index (κ3) is 2.45. The number of likely N-dealkylation sites (N-methyl/N-ethyl adjacent to an activating group) is 1. The number of hydrogen-bond acceptors (Lipinski definition) is 4. The zero-order valence-corrected chi connectivity index (χ0v) is 12.7. The van der Waals surface area contributed by atoms with Gasteiger partial charge in [0.1, 0.15) is 5.52 Å². The maximum Gasteiger partial charge on any atom is 0.201 e. The zero-order chi connectivity index (χ0) is 15.0. The van der Waals surface area contributed by atoms with Crippen LogP contribution in [0.15, 0.2) is 30.5 Å². The molecule has 2 heterocycles. The molecule has 0 unspecified atom stereocenters. The van der Waals surface area contributed by atoms with Crippen LogP contribution >= 0.6 is 0 Å². The maximum atomic E-state index is 6.11.